The van der Waals surface area contributed by atoms with Crippen molar-refractivity contribution in [1.29, 1.82) is 0 Å². The van der Waals surface area contributed by atoms with E-state index in [4.69, 9.17) is 11.1 Å². The van der Waals surface area contributed by atoms with Crippen LogP contribution in [0.15, 0.2) is 72.8 Å². The second-order valence-electron chi connectivity index (χ2n) is 7.98. The first-order chi connectivity index (χ1) is 17.2. The Morgan fingerprint density at radius 3 is 1.78 bits per heavy atom. The number of carbonyl (C=O) groups excluding carboxylic acids is 4. The molecule has 0 spiro atoms. The molecule has 11 nitrogen and oxygen atoms in total. The number of benzene rings is 2. The van der Waals surface area contributed by atoms with Gasteiger partial charge in [0.15, 0.2) is 0 Å². The van der Waals surface area contributed by atoms with Gasteiger partial charge in [-0.1, -0.05) is 60.7 Å². The van der Waals surface area contributed by atoms with Gasteiger partial charge in [0.05, 0.1) is 12.0 Å². The van der Waals surface area contributed by atoms with Gasteiger partial charge in [0.2, 0.25) is 5.91 Å². The maximum Gasteiger partial charge on any atom is 0.346 e. The molecule has 2 aromatic carbocycles. The molecule has 0 radical (unpaired) electrons. The number of carboxylic acid groups (broad SMARTS) is 1. The van der Waals surface area contributed by atoms with Gasteiger partial charge in [-0.25, -0.2) is 10.1 Å². The van der Waals surface area contributed by atoms with Crippen LogP contribution in [-0.4, -0.2) is 46.7 Å². The number of aromatic nitrogens is 1. The lowest BCUT2D eigenvalue weighted by atomic mass is 10.0. The Morgan fingerprint density at radius 2 is 1.28 bits per heavy atom. The van der Waals surface area contributed by atoms with Gasteiger partial charge < -0.3 is 25.5 Å². The second kappa shape index (κ2) is 12.0. The zero-order chi connectivity index (χ0) is 26.1. The van der Waals surface area contributed by atoms with E-state index in [0.717, 1.165) is 5.56 Å². The molecule has 2 atom stereocenters. The molecule has 1 heterocycles. The van der Waals surface area contributed by atoms with Crippen LogP contribution in [0, 0.1) is 0 Å². The van der Waals surface area contributed by atoms with Crippen molar-refractivity contribution in [2.75, 3.05) is 0 Å². The summed E-state index contributed by atoms with van der Waals surface area (Å²) in [6.45, 7) is 0. The molecule has 3 amide bonds. The predicted molar refractivity (Wildman–Crippen MR) is 128 cm³/mol. The molecule has 36 heavy (non-hydrogen) atoms. The second-order valence-corrected chi connectivity index (χ2v) is 7.98. The van der Waals surface area contributed by atoms with Crippen LogP contribution >= 0.6 is 0 Å². The Bertz CT molecular complexity index is 1240. The lowest BCUT2D eigenvalue weighted by molar-refractivity contribution is -0.308. The molecule has 0 fully saturated rings. The van der Waals surface area contributed by atoms with E-state index in [1.54, 1.807) is 60.7 Å². The average molecular weight is 491 g/mol. The molecule has 186 valence electrons. The minimum absolute atomic E-state index is 0.00217. The fraction of sp³-hybridized carbons (Fsp3) is 0.160. The monoisotopic (exact) mass is 490 g/mol. The van der Waals surface area contributed by atoms with Crippen LogP contribution in [0.5, 0.6) is 0 Å². The first-order valence-corrected chi connectivity index (χ1v) is 11.0. The van der Waals surface area contributed by atoms with Crippen LogP contribution in [-0.2, 0) is 22.4 Å². The van der Waals surface area contributed by atoms with E-state index in [2.05, 4.69) is 20.9 Å². The molecule has 0 aliphatic rings. The number of carboxylic acids is 1. The average Bonchev–Trinajstić information content (AvgIpc) is 3.35. The summed E-state index contributed by atoms with van der Waals surface area (Å²) in [7, 11) is 0. The summed E-state index contributed by atoms with van der Waals surface area (Å²) >= 11 is 0. The van der Waals surface area contributed by atoms with E-state index in [-0.39, 0.29) is 30.2 Å². The summed E-state index contributed by atoms with van der Waals surface area (Å²) in [6.07, 6.45) is 0.105. The number of carbonyl (C=O) groups is 4. The third-order valence-corrected chi connectivity index (χ3v) is 5.22. The van der Waals surface area contributed by atoms with Crippen molar-refractivity contribution in [3.8, 4) is 0 Å². The highest BCUT2D eigenvalue weighted by atomic mass is 16.4. The lowest BCUT2D eigenvalue weighted by Crippen LogP contribution is -2.56. The largest absolute Gasteiger partial charge is 0.548 e. The zero-order valence-corrected chi connectivity index (χ0v) is 19.2. The minimum atomic E-state index is -1.45. The number of hydrogen-bond acceptors (Lipinski definition) is 5. The molecule has 11 heteroatoms. The van der Waals surface area contributed by atoms with Crippen molar-refractivity contribution >= 4 is 29.7 Å². The SMILES string of the molecule is NC(=[NH2+])NC(=O)c1ccc(C(=O)N[C@H](Cc2ccccc2)C(=O)N[C@@H](Cc2ccccc2)C(=O)[O-])[nH]1. The highest BCUT2D eigenvalue weighted by Crippen LogP contribution is 2.08. The predicted octanol–water partition coefficient (Wildman–Crippen LogP) is -2.36. The molecule has 0 bridgehead atoms. The first-order valence-electron chi connectivity index (χ1n) is 11.0. The molecule has 0 unspecified atom stereocenters. The fourth-order valence-corrected chi connectivity index (χ4v) is 3.47. The molecule has 3 rings (SSSR count). The molecule has 0 saturated heterocycles. The Labute approximate surface area is 206 Å². The Morgan fingerprint density at radius 1 is 0.778 bits per heavy atom. The highest BCUT2D eigenvalue weighted by molar-refractivity contribution is 6.04. The van der Waals surface area contributed by atoms with E-state index in [0.29, 0.717) is 5.56 Å². The van der Waals surface area contributed by atoms with Gasteiger partial charge >= 0.3 is 11.9 Å². The third-order valence-electron chi connectivity index (χ3n) is 5.22. The van der Waals surface area contributed by atoms with Gasteiger partial charge in [0.25, 0.3) is 5.91 Å². The van der Waals surface area contributed by atoms with Gasteiger partial charge in [0.1, 0.15) is 17.4 Å². The quantitative estimate of drug-likeness (QED) is 0.136. The minimum Gasteiger partial charge on any atom is -0.548 e. The van der Waals surface area contributed by atoms with E-state index in [9.17, 15) is 24.3 Å². The Kier molecular flexibility index (Phi) is 8.54. The van der Waals surface area contributed by atoms with Crippen molar-refractivity contribution in [2.45, 2.75) is 24.9 Å². The number of rotatable bonds is 10. The van der Waals surface area contributed by atoms with Crippen molar-refractivity contribution in [1.82, 2.24) is 20.9 Å². The Balaban J connectivity index is 1.77. The fourth-order valence-electron chi connectivity index (χ4n) is 3.47. The number of H-pyrrole nitrogens is 1. The first kappa shape index (κ1) is 25.7. The smallest absolute Gasteiger partial charge is 0.346 e. The summed E-state index contributed by atoms with van der Waals surface area (Å²) in [5.74, 6) is -3.79. The summed E-state index contributed by atoms with van der Waals surface area (Å²) in [5.41, 5.74) is 6.73. The number of aromatic amines is 1. The molecule has 0 aliphatic heterocycles. The molecule has 3 aromatic rings. The van der Waals surface area contributed by atoms with Crippen molar-refractivity contribution < 1.29 is 29.7 Å². The summed E-state index contributed by atoms with van der Waals surface area (Å²) in [6, 6.07) is 18.0. The Hall–Kier alpha value is -4.93. The molecule has 1 aromatic heterocycles. The highest BCUT2D eigenvalue weighted by Gasteiger charge is 2.26. The molecular weight excluding hydrogens is 464 g/mol. The van der Waals surface area contributed by atoms with E-state index in [1.807, 2.05) is 0 Å². The molecular formula is C25H26N6O5. The van der Waals surface area contributed by atoms with Gasteiger partial charge in [-0.15, -0.1) is 0 Å². The third kappa shape index (κ3) is 7.29. The van der Waals surface area contributed by atoms with Crippen LogP contribution in [0.2, 0.25) is 0 Å². The van der Waals surface area contributed by atoms with Crippen LogP contribution in [0.25, 0.3) is 0 Å². The van der Waals surface area contributed by atoms with Crippen molar-refractivity contribution in [2.24, 2.45) is 5.73 Å². The van der Waals surface area contributed by atoms with Gasteiger partial charge in [-0.05, 0) is 29.7 Å². The van der Waals surface area contributed by atoms with E-state index < -0.39 is 35.8 Å². The zero-order valence-electron chi connectivity index (χ0n) is 19.2. The van der Waals surface area contributed by atoms with Crippen molar-refractivity contribution in [3.05, 3.63) is 95.3 Å². The van der Waals surface area contributed by atoms with Crippen LogP contribution < -0.4 is 32.2 Å². The van der Waals surface area contributed by atoms with Crippen LogP contribution in [0.1, 0.15) is 32.1 Å². The van der Waals surface area contributed by atoms with E-state index in [1.165, 1.54) is 12.1 Å². The van der Waals surface area contributed by atoms with E-state index >= 15 is 0 Å². The number of nitrogens with two attached hydrogens (primary N) is 2. The number of hydrogen-bond donors (Lipinski definition) is 6. The number of guanidine groups is 1. The van der Waals surface area contributed by atoms with Gasteiger partial charge in [0, 0.05) is 6.42 Å². The normalized spacial score (nSPS) is 12.1. The maximum atomic E-state index is 13.1. The number of aliphatic carboxylic acids is 1. The van der Waals surface area contributed by atoms with Crippen LogP contribution in [0.4, 0.5) is 0 Å². The van der Waals surface area contributed by atoms with Gasteiger partial charge in [-0.2, -0.15) is 0 Å². The summed E-state index contributed by atoms with van der Waals surface area (Å²) < 4.78 is 0. The van der Waals surface area contributed by atoms with Gasteiger partial charge in [-0.3, -0.25) is 20.7 Å². The maximum absolute atomic E-state index is 13.1. The summed E-state index contributed by atoms with van der Waals surface area (Å²) in [4.78, 5) is 52.4. The standard InChI is InChI=1S/C25H26N6O5/c26-25(27)31-22(33)18-12-11-17(28-18)21(32)29-19(13-15-7-3-1-4-8-15)23(34)30-20(24(35)36)14-16-9-5-2-6-10-16/h1-12,19-20,28H,13-14H2,(H,29,32)(H,30,34)(H,35,36)(H4,26,27,31,33)/t19-,20+/m1/s1. The topological polar surface area (TPSA) is 195 Å². The van der Waals surface area contributed by atoms with Crippen molar-refractivity contribution in [3.63, 3.8) is 0 Å². The number of nitrogens with one attached hydrogen (secondary N) is 4. The molecule has 8 N–H and O–H groups in total. The molecule has 0 saturated carbocycles. The van der Waals surface area contributed by atoms with Crippen LogP contribution in [0.3, 0.4) is 0 Å². The molecule has 0 aliphatic carbocycles. The summed E-state index contributed by atoms with van der Waals surface area (Å²) in [5, 5.41) is 24.3. The lowest BCUT2D eigenvalue weighted by Gasteiger charge is -2.24. The number of amides is 3.